The zero-order chi connectivity index (χ0) is 10.3. The predicted molar refractivity (Wildman–Crippen MR) is 57.1 cm³/mol. The van der Waals surface area contributed by atoms with Crippen LogP contribution >= 0.6 is 0 Å². The molecule has 0 saturated heterocycles. The summed E-state index contributed by atoms with van der Waals surface area (Å²) in [5.41, 5.74) is 8.35. The molecule has 0 radical (unpaired) electrons. The smallest absolute Gasteiger partial charge is 0.152 e. The third-order valence-electron chi connectivity index (χ3n) is 2.41. The third-order valence-corrected chi connectivity index (χ3v) is 2.41. The molecule has 2 N–H and O–H groups in total. The number of nitrogens with zero attached hydrogens (tertiary/aromatic N) is 1. The lowest BCUT2D eigenvalue weighted by molar-refractivity contribution is 0.261. The first-order valence-corrected chi connectivity index (χ1v) is 4.67. The summed E-state index contributed by atoms with van der Waals surface area (Å²) in [6.07, 6.45) is 5.22. The van der Waals surface area contributed by atoms with Crippen LogP contribution in [-0.2, 0) is 4.74 Å². The quantitative estimate of drug-likeness (QED) is 0.652. The minimum absolute atomic E-state index is 0.528. The fraction of sp³-hybridized carbons (Fsp3) is 0.0909. The van der Waals surface area contributed by atoms with Crippen LogP contribution in [0.25, 0.3) is 0 Å². The van der Waals surface area contributed by atoms with Crippen LogP contribution in [0.15, 0.2) is 42.6 Å². The highest BCUT2D eigenvalue weighted by atomic mass is 16.5. The van der Waals surface area contributed by atoms with Gasteiger partial charge in [0, 0.05) is 18.0 Å². The first-order chi connectivity index (χ1) is 7.34. The number of nitrogens with two attached hydrogens (primary N) is 1. The van der Waals surface area contributed by atoms with E-state index in [4.69, 9.17) is 15.2 Å². The Bertz CT molecular complexity index is 466. The Hall–Kier alpha value is -2.10. The van der Waals surface area contributed by atoms with Crippen molar-refractivity contribution in [1.29, 1.82) is 0 Å². The van der Waals surface area contributed by atoms with Gasteiger partial charge in [0.2, 0.25) is 0 Å². The first-order valence-electron chi connectivity index (χ1n) is 4.67. The number of benzene rings is 1. The zero-order valence-corrected chi connectivity index (χ0v) is 8.01. The van der Waals surface area contributed by atoms with Gasteiger partial charge in [0.05, 0.1) is 11.4 Å². The van der Waals surface area contributed by atoms with E-state index in [1.54, 1.807) is 12.5 Å². The number of hydrogen-bond acceptors (Lipinski definition) is 4. The van der Waals surface area contributed by atoms with Gasteiger partial charge in [-0.1, -0.05) is 0 Å². The van der Waals surface area contributed by atoms with Crippen molar-refractivity contribution in [3.63, 3.8) is 0 Å². The highest BCUT2D eigenvalue weighted by molar-refractivity contribution is 5.70. The minimum atomic E-state index is 0.528. The highest BCUT2D eigenvalue weighted by Gasteiger charge is 2.21. The van der Waals surface area contributed by atoms with Gasteiger partial charge in [-0.3, -0.25) is 0 Å². The lowest BCUT2D eigenvalue weighted by Crippen LogP contribution is -2.26. The second-order valence-corrected chi connectivity index (χ2v) is 3.42. The van der Waals surface area contributed by atoms with Gasteiger partial charge < -0.3 is 20.1 Å². The molecule has 0 bridgehead atoms. The van der Waals surface area contributed by atoms with Gasteiger partial charge in [0.1, 0.15) is 19.1 Å². The summed E-state index contributed by atoms with van der Waals surface area (Å²) in [5.74, 6) is 0.769. The molecule has 4 heteroatoms. The second kappa shape index (κ2) is 2.95. The molecule has 0 unspecified atom stereocenters. The maximum atomic E-state index is 5.69. The number of hydrogen-bond donors (Lipinski definition) is 1. The SMILES string of the molecule is Nc1ccc2c(c1)OC=C1COC=CN12. The molecule has 0 spiro atoms. The number of fused-ring (bicyclic) bond motifs is 3. The molecule has 1 aromatic rings. The predicted octanol–water partition coefficient (Wildman–Crippen LogP) is 1.81. The molecule has 0 aromatic heterocycles. The van der Waals surface area contributed by atoms with E-state index in [1.165, 1.54) is 0 Å². The molecular formula is C11H10N2O2. The number of rotatable bonds is 0. The summed E-state index contributed by atoms with van der Waals surface area (Å²) < 4.78 is 10.7. The van der Waals surface area contributed by atoms with E-state index < -0.39 is 0 Å². The van der Waals surface area contributed by atoms with Crippen molar-refractivity contribution < 1.29 is 9.47 Å². The molecule has 4 nitrogen and oxygen atoms in total. The molecule has 0 saturated carbocycles. The van der Waals surface area contributed by atoms with Crippen LogP contribution in [0.1, 0.15) is 0 Å². The van der Waals surface area contributed by atoms with E-state index in [2.05, 4.69) is 0 Å². The van der Waals surface area contributed by atoms with Crippen molar-refractivity contribution in [2.45, 2.75) is 0 Å². The number of anilines is 2. The minimum Gasteiger partial charge on any atom is -0.493 e. The van der Waals surface area contributed by atoms with E-state index in [-0.39, 0.29) is 0 Å². The Labute approximate surface area is 87.2 Å². The Balaban J connectivity index is 2.11. The van der Waals surface area contributed by atoms with Gasteiger partial charge in [-0.2, -0.15) is 0 Å². The molecule has 0 fully saturated rings. The maximum Gasteiger partial charge on any atom is 0.152 e. The molecule has 2 aliphatic rings. The summed E-state index contributed by atoms with van der Waals surface area (Å²) in [6, 6.07) is 5.60. The van der Waals surface area contributed by atoms with Gasteiger partial charge in [-0.05, 0) is 12.1 Å². The summed E-state index contributed by atoms with van der Waals surface area (Å²) in [6.45, 7) is 0.528. The standard InChI is InChI=1S/C11H10N2O2/c12-8-1-2-10-11(5-8)15-7-9-6-14-4-3-13(9)10/h1-5,7H,6,12H2. The normalized spacial score (nSPS) is 17.1. The van der Waals surface area contributed by atoms with Crippen molar-refractivity contribution in [2.75, 3.05) is 17.2 Å². The summed E-state index contributed by atoms with van der Waals surface area (Å²) >= 11 is 0. The van der Waals surface area contributed by atoms with E-state index in [1.807, 2.05) is 29.3 Å². The summed E-state index contributed by atoms with van der Waals surface area (Å²) in [5, 5.41) is 0. The molecular weight excluding hydrogens is 192 g/mol. The van der Waals surface area contributed by atoms with Gasteiger partial charge in [0.25, 0.3) is 0 Å². The van der Waals surface area contributed by atoms with Gasteiger partial charge in [0.15, 0.2) is 5.75 Å². The lowest BCUT2D eigenvalue weighted by Gasteiger charge is -2.31. The van der Waals surface area contributed by atoms with Gasteiger partial charge >= 0.3 is 0 Å². The van der Waals surface area contributed by atoms with Crippen LogP contribution in [0.4, 0.5) is 11.4 Å². The average Bonchev–Trinajstić information content (AvgIpc) is 2.28. The zero-order valence-electron chi connectivity index (χ0n) is 8.01. The topological polar surface area (TPSA) is 47.7 Å². The van der Waals surface area contributed by atoms with E-state index >= 15 is 0 Å². The van der Waals surface area contributed by atoms with Crippen molar-refractivity contribution in [1.82, 2.24) is 0 Å². The van der Waals surface area contributed by atoms with Crippen LogP contribution in [0.5, 0.6) is 5.75 Å². The van der Waals surface area contributed by atoms with Crippen LogP contribution in [-0.4, -0.2) is 6.61 Å². The Morgan fingerprint density at radius 2 is 2.27 bits per heavy atom. The second-order valence-electron chi connectivity index (χ2n) is 3.42. The van der Waals surface area contributed by atoms with Crippen molar-refractivity contribution in [3.8, 4) is 5.75 Å². The van der Waals surface area contributed by atoms with Crippen LogP contribution in [0.3, 0.4) is 0 Å². The Morgan fingerprint density at radius 3 is 3.20 bits per heavy atom. The van der Waals surface area contributed by atoms with E-state index in [0.717, 1.165) is 17.1 Å². The molecule has 76 valence electrons. The fourth-order valence-electron chi connectivity index (χ4n) is 1.68. The van der Waals surface area contributed by atoms with Crippen LogP contribution < -0.4 is 15.4 Å². The summed E-state index contributed by atoms with van der Waals surface area (Å²) in [4.78, 5) is 2.03. The van der Waals surface area contributed by atoms with E-state index in [0.29, 0.717) is 12.3 Å². The molecule has 0 aliphatic carbocycles. The largest absolute Gasteiger partial charge is 0.493 e. The van der Waals surface area contributed by atoms with Crippen molar-refractivity contribution >= 4 is 11.4 Å². The monoisotopic (exact) mass is 202 g/mol. The average molecular weight is 202 g/mol. The molecule has 3 rings (SSSR count). The maximum absolute atomic E-state index is 5.69. The van der Waals surface area contributed by atoms with Crippen molar-refractivity contribution in [2.24, 2.45) is 0 Å². The van der Waals surface area contributed by atoms with Crippen molar-refractivity contribution in [3.05, 3.63) is 42.6 Å². The highest BCUT2D eigenvalue weighted by Crippen LogP contribution is 2.37. The van der Waals surface area contributed by atoms with Gasteiger partial charge in [-0.25, -0.2) is 0 Å². The molecule has 0 atom stereocenters. The Kier molecular flexibility index (Phi) is 1.62. The fourth-order valence-corrected chi connectivity index (χ4v) is 1.68. The molecule has 15 heavy (non-hydrogen) atoms. The van der Waals surface area contributed by atoms with Crippen LogP contribution in [0.2, 0.25) is 0 Å². The lowest BCUT2D eigenvalue weighted by atomic mass is 10.2. The summed E-state index contributed by atoms with van der Waals surface area (Å²) in [7, 11) is 0. The van der Waals surface area contributed by atoms with Gasteiger partial charge in [-0.15, -0.1) is 0 Å². The molecule has 1 aromatic carbocycles. The van der Waals surface area contributed by atoms with Crippen LogP contribution in [0, 0.1) is 0 Å². The molecule has 0 amide bonds. The number of ether oxygens (including phenoxy) is 2. The van der Waals surface area contributed by atoms with E-state index in [9.17, 15) is 0 Å². The number of nitrogen functional groups attached to an aromatic ring is 1. The third kappa shape index (κ3) is 1.22. The molecule has 2 heterocycles. The Morgan fingerprint density at radius 1 is 1.33 bits per heavy atom. The first kappa shape index (κ1) is 8.23. The molecule has 2 aliphatic heterocycles.